The van der Waals surface area contributed by atoms with Crippen molar-refractivity contribution in [3.05, 3.63) is 179 Å². The molecule has 10 rings (SSSR count). The lowest BCUT2D eigenvalue weighted by Gasteiger charge is -2.33. The first-order chi connectivity index (χ1) is 32.5. The Hall–Kier alpha value is -8.90. The minimum atomic E-state index is -2.62. The summed E-state index contributed by atoms with van der Waals surface area (Å²) in [5.74, 6) is -4.78. The van der Waals surface area contributed by atoms with Gasteiger partial charge in [0.2, 0.25) is 0 Å². The van der Waals surface area contributed by atoms with Gasteiger partial charge >= 0.3 is 17.5 Å². The van der Waals surface area contributed by atoms with Gasteiger partial charge < -0.3 is 14.2 Å². The number of thiophene rings is 3. The van der Waals surface area contributed by atoms with Crippen molar-refractivity contribution in [1.29, 1.82) is 21.0 Å². The topological polar surface area (TPSA) is 225 Å². The number of allylic oxidation sites excluding steroid dienone is 2. The van der Waals surface area contributed by atoms with Gasteiger partial charge in [0.1, 0.15) is 37.5 Å². The first-order valence-electron chi connectivity index (χ1n) is 19.9. The van der Waals surface area contributed by atoms with Crippen LogP contribution in [0.25, 0.3) is 31.3 Å². The van der Waals surface area contributed by atoms with E-state index >= 15 is 0 Å². The van der Waals surface area contributed by atoms with Crippen LogP contribution in [0, 0.1) is 45.3 Å². The fraction of sp³-hybridized carbons (Fsp3) is 0.0588. The van der Waals surface area contributed by atoms with Crippen molar-refractivity contribution in [3.63, 3.8) is 0 Å². The second-order valence-electron chi connectivity index (χ2n) is 15.2. The predicted octanol–water partition coefficient (Wildman–Crippen LogP) is 9.18. The van der Waals surface area contributed by atoms with E-state index < -0.39 is 40.7 Å². The molecule has 4 heterocycles. The van der Waals surface area contributed by atoms with Gasteiger partial charge in [0.25, 0.3) is 0 Å². The van der Waals surface area contributed by atoms with Gasteiger partial charge in [-0.3, -0.25) is 19.2 Å². The van der Waals surface area contributed by atoms with Crippen molar-refractivity contribution >= 4 is 90.6 Å². The molecule has 2 aliphatic carbocycles. The number of rotatable bonds is 8. The number of hydrogen-bond acceptors (Lipinski definition) is 16. The molecule has 3 aromatic heterocycles. The summed E-state index contributed by atoms with van der Waals surface area (Å²) in [6.07, 6.45) is 2.73. The number of carbonyl (C=O) groups excluding carboxylic acids is 6. The Kier molecular flexibility index (Phi) is 10.2. The molecular weight excluding hydrogens is 909 g/mol. The van der Waals surface area contributed by atoms with Gasteiger partial charge in [0, 0.05) is 37.6 Å². The molecule has 13 nitrogen and oxygen atoms in total. The van der Waals surface area contributed by atoms with E-state index in [-0.39, 0.29) is 85.1 Å². The Morgan fingerprint density at radius 3 is 1.39 bits per heavy atom. The van der Waals surface area contributed by atoms with Crippen LogP contribution in [0.15, 0.2) is 108 Å². The van der Waals surface area contributed by atoms with Crippen LogP contribution in [0.4, 0.5) is 0 Å². The number of nitrogens with zero attached hydrogens (tertiary/aromatic N) is 4. The molecule has 0 saturated carbocycles. The van der Waals surface area contributed by atoms with Crippen LogP contribution in [-0.4, -0.2) is 35.1 Å². The van der Waals surface area contributed by atoms with E-state index in [2.05, 4.69) is 0 Å². The summed E-state index contributed by atoms with van der Waals surface area (Å²) in [6.45, 7) is -0.523. The maximum absolute atomic E-state index is 14.9. The zero-order chi connectivity index (χ0) is 46.7. The molecule has 0 spiro atoms. The van der Waals surface area contributed by atoms with Crippen molar-refractivity contribution in [1.82, 2.24) is 0 Å². The molecule has 4 aromatic carbocycles. The highest BCUT2D eigenvalue weighted by molar-refractivity contribution is 7.32. The van der Waals surface area contributed by atoms with E-state index in [1.54, 1.807) is 66.7 Å². The third-order valence-corrected chi connectivity index (χ3v) is 14.8. The molecule has 0 saturated heterocycles. The van der Waals surface area contributed by atoms with E-state index in [1.165, 1.54) is 53.8 Å². The first kappa shape index (κ1) is 42.1. The van der Waals surface area contributed by atoms with E-state index in [9.17, 15) is 49.8 Å². The molecule has 67 heavy (non-hydrogen) atoms. The van der Waals surface area contributed by atoms with E-state index in [4.69, 9.17) is 14.2 Å². The highest BCUT2D eigenvalue weighted by Crippen LogP contribution is 2.58. The van der Waals surface area contributed by atoms with Gasteiger partial charge in [-0.2, -0.15) is 21.0 Å². The number of ether oxygens (including phenoxy) is 3. The van der Waals surface area contributed by atoms with Crippen molar-refractivity contribution < 1.29 is 43.0 Å². The van der Waals surface area contributed by atoms with Gasteiger partial charge in [-0.15, -0.1) is 34.0 Å². The average molecular weight is 931 g/mol. The minimum absolute atomic E-state index is 0.00147. The molecule has 0 radical (unpaired) electrons. The molecule has 0 N–H and O–H groups in total. The van der Waals surface area contributed by atoms with Gasteiger partial charge in [0.15, 0.2) is 28.9 Å². The number of hydrogen-bond donors (Lipinski definition) is 0. The van der Waals surface area contributed by atoms with Crippen molar-refractivity contribution in [3.8, 4) is 39.8 Å². The summed E-state index contributed by atoms with van der Waals surface area (Å²) in [5.41, 5.74) is -2.17. The summed E-state index contributed by atoms with van der Waals surface area (Å²) in [6, 6.07) is 33.1. The molecular formula is C51H22N4O9S3. The Morgan fingerprint density at radius 2 is 0.970 bits per heavy atom. The first-order valence-corrected chi connectivity index (χ1v) is 22.3. The molecule has 0 atom stereocenters. The highest BCUT2D eigenvalue weighted by atomic mass is 32.1. The quantitative estimate of drug-likeness (QED) is 0.0600. The summed E-state index contributed by atoms with van der Waals surface area (Å²) >= 11 is 3.40. The second kappa shape index (κ2) is 16.3. The molecule has 0 bridgehead atoms. The van der Waals surface area contributed by atoms with Gasteiger partial charge in [-0.1, -0.05) is 60.7 Å². The molecule has 0 fully saturated rings. The third kappa shape index (κ3) is 6.76. The summed E-state index contributed by atoms with van der Waals surface area (Å²) < 4.78 is 19.5. The zero-order valence-corrected chi connectivity index (χ0v) is 36.4. The van der Waals surface area contributed by atoms with Crippen molar-refractivity contribution in [2.45, 2.75) is 18.8 Å². The van der Waals surface area contributed by atoms with Crippen molar-refractivity contribution in [2.75, 3.05) is 0 Å². The standard InChI is InChI=1S/C51H22N4O9S3/c52-19-27-11-33-34(12-28(27)20-53)42(57)37(41(33)56)15-31-17-39-46(65-31)48-45(64-51(39,49(60)62-23-25-7-3-1-4-8-25)50(61)63-24-26-9-5-2-6-10-26)47-40(67-48)18-32(66-47)16-38-43(58)35-13-29(21-54)30(22-55)14-36(35)44(38)59/h1-18H,23-24H2. The lowest BCUT2D eigenvalue weighted by molar-refractivity contribution is -0.183. The van der Waals surface area contributed by atoms with Crippen molar-refractivity contribution in [2.24, 2.45) is 0 Å². The fourth-order valence-electron chi connectivity index (χ4n) is 8.01. The SMILES string of the molecule is N#Cc1cc2c(cc1C#N)C(=O)C(=Cc1cc3c(s1)-c1sc4cc(C=C5C(=O)c6cc(C#N)c(C#N)cc6C5=O)sc4c1OC3(C(=O)OCc1ccccc1)C(=O)OCc1ccccc1)C2=O. The van der Waals surface area contributed by atoms with Gasteiger partial charge in [-0.25, -0.2) is 9.59 Å². The number of Topliss-reactive ketones (excluding diaryl/α,β-unsaturated/α-hetero) is 4. The Bertz CT molecular complexity index is 3510. The molecule has 0 unspecified atom stereocenters. The fourth-order valence-corrected chi connectivity index (χ4v) is 11.8. The number of benzene rings is 4. The number of ketones is 4. The maximum Gasteiger partial charge on any atom is 0.367 e. The molecule has 3 aliphatic rings. The normalized spacial score (nSPS) is 13.9. The van der Waals surface area contributed by atoms with Crippen LogP contribution in [0.1, 0.15) is 90.1 Å². The Labute approximate surface area is 390 Å². The lowest BCUT2D eigenvalue weighted by atomic mass is 9.90. The van der Waals surface area contributed by atoms with Crippen LogP contribution in [0.2, 0.25) is 0 Å². The molecule has 318 valence electrons. The average Bonchev–Trinajstić information content (AvgIpc) is 4.15. The number of fused-ring (bicyclic) bond motifs is 7. The molecule has 1 aliphatic heterocycles. The van der Waals surface area contributed by atoms with Gasteiger partial charge in [-0.05, 0) is 59.7 Å². The molecule has 0 amide bonds. The number of esters is 2. The van der Waals surface area contributed by atoms with Crippen LogP contribution in [-0.2, 0) is 37.9 Å². The lowest BCUT2D eigenvalue weighted by Crippen LogP contribution is -2.52. The number of carbonyl (C=O) groups is 6. The van der Waals surface area contributed by atoms with E-state index in [0.717, 1.165) is 22.7 Å². The smallest absolute Gasteiger partial charge is 0.367 e. The maximum atomic E-state index is 14.9. The third-order valence-electron chi connectivity index (χ3n) is 11.3. The van der Waals surface area contributed by atoms with E-state index in [0.29, 0.717) is 35.2 Å². The molecule has 7 aromatic rings. The monoisotopic (exact) mass is 930 g/mol. The highest BCUT2D eigenvalue weighted by Gasteiger charge is 2.59. The minimum Gasteiger partial charge on any atom is -0.457 e. The summed E-state index contributed by atoms with van der Waals surface area (Å²) in [4.78, 5) is 86.0. The van der Waals surface area contributed by atoms with E-state index in [1.807, 2.05) is 24.3 Å². The Balaban J connectivity index is 1.12. The second-order valence-corrected chi connectivity index (χ2v) is 18.4. The number of nitriles is 4. The summed E-state index contributed by atoms with van der Waals surface area (Å²) in [7, 11) is 0. The summed E-state index contributed by atoms with van der Waals surface area (Å²) in [5, 5.41) is 38.3. The predicted molar refractivity (Wildman–Crippen MR) is 243 cm³/mol. The van der Waals surface area contributed by atoms with Crippen LogP contribution in [0.3, 0.4) is 0 Å². The largest absolute Gasteiger partial charge is 0.457 e. The Morgan fingerprint density at radius 1 is 0.552 bits per heavy atom. The van der Waals surface area contributed by atoms with Crippen LogP contribution < -0.4 is 4.74 Å². The zero-order valence-electron chi connectivity index (χ0n) is 34.0. The van der Waals surface area contributed by atoms with Gasteiger partial charge in [0.05, 0.1) is 52.6 Å². The van der Waals surface area contributed by atoms with Crippen LogP contribution in [0.5, 0.6) is 5.75 Å². The van der Waals surface area contributed by atoms with Crippen LogP contribution >= 0.6 is 34.0 Å². The molecule has 16 heteroatoms.